The fourth-order valence-corrected chi connectivity index (χ4v) is 1.75. The second-order valence-electron chi connectivity index (χ2n) is 3.48. The Morgan fingerprint density at radius 3 is 2.12 bits per heavy atom. The summed E-state index contributed by atoms with van der Waals surface area (Å²) in [4.78, 5) is 22.6. The fraction of sp³-hybridized carbons (Fsp3) is 0.556. The smallest absolute Gasteiger partial charge is 0.321 e. The van der Waals surface area contributed by atoms with Crippen LogP contribution in [-0.4, -0.2) is 18.0 Å². The van der Waals surface area contributed by atoms with Gasteiger partial charge in [0.25, 0.3) is 5.91 Å². The standard InChI is InChI=1S/C9H11Cl3N2O2/c10-6(7(11)12)8(15)14-9(16)13-5-3-1-2-4-5/h5H,1-4H2,(H2,13,14,15,16). The van der Waals surface area contributed by atoms with E-state index in [0.29, 0.717) is 0 Å². The van der Waals surface area contributed by atoms with Crippen molar-refractivity contribution in [3.8, 4) is 0 Å². The second-order valence-corrected chi connectivity index (χ2v) is 4.81. The van der Waals surface area contributed by atoms with Crippen LogP contribution in [0.2, 0.25) is 0 Å². The van der Waals surface area contributed by atoms with Crippen molar-refractivity contribution in [1.29, 1.82) is 0 Å². The maximum Gasteiger partial charge on any atom is 0.321 e. The van der Waals surface area contributed by atoms with E-state index in [1.165, 1.54) is 0 Å². The Bertz CT molecular complexity index is 321. The molecule has 1 rings (SSSR count). The van der Waals surface area contributed by atoms with E-state index in [1.54, 1.807) is 0 Å². The van der Waals surface area contributed by atoms with Crippen molar-refractivity contribution in [2.75, 3.05) is 0 Å². The molecule has 0 saturated heterocycles. The van der Waals surface area contributed by atoms with E-state index in [9.17, 15) is 9.59 Å². The van der Waals surface area contributed by atoms with Crippen molar-refractivity contribution in [1.82, 2.24) is 10.6 Å². The molecule has 0 bridgehead atoms. The van der Waals surface area contributed by atoms with Gasteiger partial charge < -0.3 is 5.32 Å². The quantitative estimate of drug-likeness (QED) is 0.766. The highest BCUT2D eigenvalue weighted by molar-refractivity contribution is 6.62. The van der Waals surface area contributed by atoms with E-state index in [2.05, 4.69) is 5.32 Å². The first-order valence-corrected chi connectivity index (χ1v) is 5.96. The molecule has 0 aromatic carbocycles. The summed E-state index contributed by atoms with van der Waals surface area (Å²) in [7, 11) is 0. The van der Waals surface area contributed by atoms with Crippen LogP contribution < -0.4 is 10.6 Å². The van der Waals surface area contributed by atoms with Gasteiger partial charge in [0.1, 0.15) is 9.52 Å². The van der Waals surface area contributed by atoms with Crippen molar-refractivity contribution in [3.63, 3.8) is 0 Å². The van der Waals surface area contributed by atoms with E-state index in [4.69, 9.17) is 34.8 Å². The summed E-state index contributed by atoms with van der Waals surface area (Å²) in [6.45, 7) is 0. The van der Waals surface area contributed by atoms with Gasteiger partial charge >= 0.3 is 6.03 Å². The van der Waals surface area contributed by atoms with Crippen molar-refractivity contribution in [2.45, 2.75) is 31.7 Å². The number of imide groups is 1. The second kappa shape index (κ2) is 6.33. The summed E-state index contributed by atoms with van der Waals surface area (Å²) in [6.07, 6.45) is 4.04. The molecule has 0 unspecified atom stereocenters. The Labute approximate surface area is 108 Å². The predicted octanol–water partition coefficient (Wildman–Crippen LogP) is 2.64. The van der Waals surface area contributed by atoms with Crippen LogP contribution in [-0.2, 0) is 4.79 Å². The molecule has 0 radical (unpaired) electrons. The van der Waals surface area contributed by atoms with E-state index in [-0.39, 0.29) is 10.5 Å². The molecule has 7 heteroatoms. The summed E-state index contributed by atoms with van der Waals surface area (Å²) in [5, 5.41) is 4.31. The molecule has 1 aliphatic rings. The van der Waals surface area contributed by atoms with E-state index < -0.39 is 17.0 Å². The molecule has 1 saturated carbocycles. The third-order valence-corrected chi connectivity index (χ3v) is 3.21. The summed E-state index contributed by atoms with van der Waals surface area (Å²) in [5.41, 5.74) is 0. The molecular formula is C9H11Cl3N2O2. The number of carbonyl (C=O) groups is 2. The van der Waals surface area contributed by atoms with Gasteiger partial charge in [-0.15, -0.1) is 0 Å². The molecule has 90 valence electrons. The van der Waals surface area contributed by atoms with E-state index in [1.807, 2.05) is 5.32 Å². The zero-order valence-electron chi connectivity index (χ0n) is 8.36. The van der Waals surface area contributed by atoms with Crippen LogP contribution in [0.15, 0.2) is 9.52 Å². The van der Waals surface area contributed by atoms with Gasteiger partial charge in [-0.05, 0) is 12.8 Å². The molecule has 16 heavy (non-hydrogen) atoms. The number of rotatable bonds is 2. The Hall–Kier alpha value is -0.450. The highest BCUT2D eigenvalue weighted by atomic mass is 35.5. The lowest BCUT2D eigenvalue weighted by molar-refractivity contribution is -0.115. The molecular weight excluding hydrogens is 274 g/mol. The summed E-state index contributed by atoms with van der Waals surface area (Å²) in [5.74, 6) is -0.808. The summed E-state index contributed by atoms with van der Waals surface area (Å²) in [6, 6.07) is -0.452. The van der Waals surface area contributed by atoms with Gasteiger partial charge in [0, 0.05) is 6.04 Å². The van der Waals surface area contributed by atoms with Crippen molar-refractivity contribution in [3.05, 3.63) is 9.52 Å². The highest BCUT2D eigenvalue weighted by Gasteiger charge is 2.19. The Balaban J connectivity index is 2.39. The van der Waals surface area contributed by atoms with Crippen LogP contribution in [0.25, 0.3) is 0 Å². The molecule has 4 nitrogen and oxygen atoms in total. The summed E-state index contributed by atoms with van der Waals surface area (Å²) >= 11 is 16.0. The lowest BCUT2D eigenvalue weighted by Crippen LogP contribution is -2.43. The maximum atomic E-state index is 11.3. The first-order valence-electron chi connectivity index (χ1n) is 4.83. The lowest BCUT2D eigenvalue weighted by atomic mass is 10.2. The lowest BCUT2D eigenvalue weighted by Gasteiger charge is -2.11. The zero-order chi connectivity index (χ0) is 12.1. The number of carbonyl (C=O) groups excluding carboxylic acids is 2. The zero-order valence-corrected chi connectivity index (χ0v) is 10.6. The molecule has 0 aromatic rings. The third-order valence-electron chi connectivity index (χ3n) is 2.28. The van der Waals surface area contributed by atoms with Crippen LogP contribution in [0.4, 0.5) is 4.79 Å². The summed E-state index contributed by atoms with van der Waals surface area (Å²) < 4.78 is -0.368. The predicted molar refractivity (Wildman–Crippen MR) is 63.5 cm³/mol. The Morgan fingerprint density at radius 1 is 1.06 bits per heavy atom. The monoisotopic (exact) mass is 284 g/mol. The fourth-order valence-electron chi connectivity index (χ4n) is 1.54. The van der Waals surface area contributed by atoms with Crippen LogP contribution in [0.5, 0.6) is 0 Å². The van der Waals surface area contributed by atoms with Crippen LogP contribution in [0, 0.1) is 0 Å². The molecule has 0 aliphatic heterocycles. The number of urea groups is 1. The molecule has 0 aromatic heterocycles. The van der Waals surface area contributed by atoms with Gasteiger partial charge in [-0.2, -0.15) is 0 Å². The topological polar surface area (TPSA) is 58.2 Å². The number of hydrogen-bond acceptors (Lipinski definition) is 2. The number of amides is 3. The first-order chi connectivity index (χ1) is 7.50. The molecule has 0 atom stereocenters. The van der Waals surface area contributed by atoms with Gasteiger partial charge in [0.15, 0.2) is 0 Å². The van der Waals surface area contributed by atoms with Crippen molar-refractivity contribution >= 4 is 46.7 Å². The number of halogens is 3. The average molecular weight is 286 g/mol. The van der Waals surface area contributed by atoms with Crippen molar-refractivity contribution < 1.29 is 9.59 Å². The normalized spacial score (nSPS) is 15.7. The third kappa shape index (κ3) is 4.20. The van der Waals surface area contributed by atoms with Gasteiger partial charge in [-0.25, -0.2) is 4.79 Å². The van der Waals surface area contributed by atoms with Crippen LogP contribution in [0.1, 0.15) is 25.7 Å². The van der Waals surface area contributed by atoms with Gasteiger partial charge in [0.2, 0.25) is 0 Å². The molecule has 0 heterocycles. The minimum atomic E-state index is -0.808. The van der Waals surface area contributed by atoms with Gasteiger partial charge in [-0.1, -0.05) is 47.6 Å². The molecule has 3 amide bonds. The van der Waals surface area contributed by atoms with Gasteiger partial charge in [0.05, 0.1) is 0 Å². The van der Waals surface area contributed by atoms with Crippen molar-refractivity contribution in [2.24, 2.45) is 0 Å². The SMILES string of the molecule is O=C(NC(=O)C(Cl)=C(Cl)Cl)NC1CCCC1. The molecule has 0 spiro atoms. The van der Waals surface area contributed by atoms with Gasteiger partial charge in [-0.3, -0.25) is 10.1 Å². The molecule has 1 aliphatic carbocycles. The highest BCUT2D eigenvalue weighted by Crippen LogP contribution is 2.18. The minimum Gasteiger partial charge on any atom is -0.335 e. The average Bonchev–Trinajstić information content (AvgIpc) is 2.68. The largest absolute Gasteiger partial charge is 0.335 e. The molecule has 2 N–H and O–H groups in total. The van der Waals surface area contributed by atoms with E-state index >= 15 is 0 Å². The Kier molecular flexibility index (Phi) is 5.38. The Morgan fingerprint density at radius 2 is 1.62 bits per heavy atom. The number of hydrogen-bond donors (Lipinski definition) is 2. The molecule has 1 fully saturated rings. The van der Waals surface area contributed by atoms with Crippen LogP contribution in [0.3, 0.4) is 0 Å². The first kappa shape index (κ1) is 13.6. The minimum absolute atomic E-state index is 0.127. The number of nitrogens with one attached hydrogen (secondary N) is 2. The van der Waals surface area contributed by atoms with E-state index in [0.717, 1.165) is 25.7 Å². The maximum absolute atomic E-state index is 11.3. The van der Waals surface area contributed by atoms with Crippen LogP contribution >= 0.6 is 34.8 Å².